The molecule has 19 heavy (non-hydrogen) atoms. The molecule has 0 N–H and O–H groups in total. The van der Waals surface area contributed by atoms with E-state index in [1.165, 1.54) is 24.8 Å². The van der Waals surface area contributed by atoms with Crippen LogP contribution in [-0.2, 0) is 0 Å². The van der Waals surface area contributed by atoms with E-state index >= 15 is 0 Å². The number of hydrogen-bond acceptors (Lipinski definition) is 3. The van der Waals surface area contributed by atoms with Crippen molar-refractivity contribution in [2.75, 3.05) is 11.9 Å². The van der Waals surface area contributed by atoms with Crippen molar-refractivity contribution in [3.05, 3.63) is 23.7 Å². The number of rotatable bonds is 5. The van der Waals surface area contributed by atoms with E-state index in [-0.39, 0.29) is 0 Å². The quantitative estimate of drug-likeness (QED) is 0.804. The van der Waals surface area contributed by atoms with E-state index in [1.54, 1.807) is 6.33 Å². The second-order valence-electron chi connectivity index (χ2n) is 5.52. The molecule has 1 aromatic rings. The number of nitrogens with zero attached hydrogens (tertiary/aromatic N) is 3. The standard InChI is InChI=1S/C16H25N3/c1-5-7-8-15-12(3)17-11-18-16(15)19(4)14-9-13(6-2)10-14/h7-8,11,13-14H,5-6,9-10H2,1-4H3/b8-7-. The summed E-state index contributed by atoms with van der Waals surface area (Å²) < 4.78 is 0. The molecule has 1 aliphatic rings. The Labute approximate surface area is 116 Å². The minimum Gasteiger partial charge on any atom is -0.356 e. The average molecular weight is 259 g/mol. The van der Waals surface area contributed by atoms with Crippen LogP contribution in [0.25, 0.3) is 6.08 Å². The molecular weight excluding hydrogens is 234 g/mol. The van der Waals surface area contributed by atoms with E-state index in [4.69, 9.17) is 0 Å². The van der Waals surface area contributed by atoms with Gasteiger partial charge in [0.1, 0.15) is 12.1 Å². The molecule has 2 rings (SSSR count). The van der Waals surface area contributed by atoms with Crippen LogP contribution in [0.2, 0.25) is 0 Å². The summed E-state index contributed by atoms with van der Waals surface area (Å²) in [6.07, 6.45) is 11.0. The average Bonchev–Trinajstić information content (AvgIpc) is 2.35. The first kappa shape index (κ1) is 14.0. The summed E-state index contributed by atoms with van der Waals surface area (Å²) in [6, 6.07) is 0.646. The minimum absolute atomic E-state index is 0.646. The van der Waals surface area contributed by atoms with Crippen LogP contribution in [-0.4, -0.2) is 23.1 Å². The Kier molecular flexibility index (Phi) is 4.56. The lowest BCUT2D eigenvalue weighted by molar-refractivity contribution is 0.250. The fraction of sp³-hybridized carbons (Fsp3) is 0.625. The van der Waals surface area contributed by atoms with Gasteiger partial charge in [-0.05, 0) is 32.1 Å². The lowest BCUT2D eigenvalue weighted by Crippen LogP contribution is -2.43. The molecule has 0 unspecified atom stereocenters. The van der Waals surface area contributed by atoms with Gasteiger partial charge in [-0.2, -0.15) is 0 Å². The fourth-order valence-corrected chi connectivity index (χ4v) is 2.71. The van der Waals surface area contributed by atoms with Crippen LogP contribution in [0.4, 0.5) is 5.82 Å². The molecule has 3 nitrogen and oxygen atoms in total. The minimum atomic E-state index is 0.646. The van der Waals surface area contributed by atoms with Crippen molar-refractivity contribution >= 4 is 11.9 Å². The monoisotopic (exact) mass is 259 g/mol. The molecule has 0 bridgehead atoms. The van der Waals surface area contributed by atoms with Crippen LogP contribution < -0.4 is 4.90 Å². The summed E-state index contributed by atoms with van der Waals surface area (Å²) >= 11 is 0. The normalized spacial score (nSPS) is 22.5. The first-order valence-corrected chi connectivity index (χ1v) is 7.38. The van der Waals surface area contributed by atoms with Crippen LogP contribution in [0.3, 0.4) is 0 Å². The maximum absolute atomic E-state index is 4.51. The third-order valence-electron chi connectivity index (χ3n) is 4.25. The number of aromatic nitrogens is 2. The highest BCUT2D eigenvalue weighted by Gasteiger charge is 2.32. The van der Waals surface area contributed by atoms with Gasteiger partial charge in [0.2, 0.25) is 0 Å². The summed E-state index contributed by atoms with van der Waals surface area (Å²) in [5.41, 5.74) is 2.24. The van der Waals surface area contributed by atoms with E-state index in [2.05, 4.69) is 54.8 Å². The number of allylic oxidation sites excluding steroid dienone is 1. The van der Waals surface area contributed by atoms with Crippen LogP contribution in [0.1, 0.15) is 50.8 Å². The zero-order valence-electron chi connectivity index (χ0n) is 12.6. The Morgan fingerprint density at radius 3 is 2.68 bits per heavy atom. The SMILES string of the molecule is CC/C=C\c1c(C)ncnc1N(C)C1CC(CC)C1. The summed E-state index contributed by atoms with van der Waals surface area (Å²) in [6.45, 7) is 6.49. The molecule has 0 aliphatic heterocycles. The molecule has 0 radical (unpaired) electrons. The summed E-state index contributed by atoms with van der Waals surface area (Å²) in [4.78, 5) is 11.2. The Hall–Kier alpha value is -1.38. The van der Waals surface area contributed by atoms with Crippen molar-refractivity contribution in [2.24, 2.45) is 5.92 Å². The van der Waals surface area contributed by atoms with E-state index in [1.807, 2.05) is 0 Å². The van der Waals surface area contributed by atoms with Crippen LogP contribution >= 0.6 is 0 Å². The van der Waals surface area contributed by atoms with Crippen LogP contribution in [0, 0.1) is 12.8 Å². The maximum atomic E-state index is 4.51. The molecule has 1 aromatic heterocycles. The van der Waals surface area contributed by atoms with Crippen LogP contribution in [0.15, 0.2) is 12.4 Å². The second kappa shape index (κ2) is 6.18. The molecule has 0 atom stereocenters. The van der Waals surface area contributed by atoms with Crippen molar-refractivity contribution in [1.29, 1.82) is 0 Å². The van der Waals surface area contributed by atoms with Crippen molar-refractivity contribution in [3.8, 4) is 0 Å². The highest BCUT2D eigenvalue weighted by molar-refractivity contribution is 5.65. The largest absolute Gasteiger partial charge is 0.356 e. The van der Waals surface area contributed by atoms with Gasteiger partial charge in [-0.1, -0.05) is 32.4 Å². The van der Waals surface area contributed by atoms with Gasteiger partial charge >= 0.3 is 0 Å². The van der Waals surface area contributed by atoms with Gasteiger partial charge in [0.25, 0.3) is 0 Å². The zero-order valence-corrected chi connectivity index (χ0v) is 12.6. The maximum Gasteiger partial charge on any atom is 0.139 e. The molecule has 0 aromatic carbocycles. The first-order chi connectivity index (χ1) is 9.17. The molecule has 1 aliphatic carbocycles. The van der Waals surface area contributed by atoms with Gasteiger partial charge < -0.3 is 4.90 Å². The molecule has 0 spiro atoms. The fourth-order valence-electron chi connectivity index (χ4n) is 2.71. The lowest BCUT2D eigenvalue weighted by Gasteiger charge is -2.42. The Morgan fingerprint density at radius 1 is 1.32 bits per heavy atom. The highest BCUT2D eigenvalue weighted by atomic mass is 15.2. The number of aryl methyl sites for hydroxylation is 1. The van der Waals surface area contributed by atoms with Gasteiger partial charge in [-0.15, -0.1) is 0 Å². The topological polar surface area (TPSA) is 29.0 Å². The summed E-state index contributed by atoms with van der Waals surface area (Å²) in [5.74, 6) is 1.99. The highest BCUT2D eigenvalue weighted by Crippen LogP contribution is 2.36. The van der Waals surface area contributed by atoms with Gasteiger partial charge in [-0.3, -0.25) is 0 Å². The van der Waals surface area contributed by atoms with Crippen molar-refractivity contribution in [1.82, 2.24) is 9.97 Å². The summed E-state index contributed by atoms with van der Waals surface area (Å²) in [7, 11) is 2.17. The molecule has 104 valence electrons. The third-order valence-corrected chi connectivity index (χ3v) is 4.25. The van der Waals surface area contributed by atoms with Crippen molar-refractivity contribution in [3.63, 3.8) is 0 Å². The lowest BCUT2D eigenvalue weighted by atomic mass is 9.78. The number of anilines is 1. The van der Waals surface area contributed by atoms with E-state index in [0.29, 0.717) is 6.04 Å². The van der Waals surface area contributed by atoms with E-state index in [0.717, 1.165) is 23.9 Å². The smallest absolute Gasteiger partial charge is 0.139 e. The third kappa shape index (κ3) is 2.96. The molecular formula is C16H25N3. The van der Waals surface area contributed by atoms with Crippen LogP contribution in [0.5, 0.6) is 0 Å². The van der Waals surface area contributed by atoms with Gasteiger partial charge in [-0.25, -0.2) is 9.97 Å². The van der Waals surface area contributed by atoms with E-state index < -0.39 is 0 Å². The van der Waals surface area contributed by atoms with Gasteiger partial charge in [0.05, 0.1) is 5.69 Å². The molecule has 0 amide bonds. The predicted molar refractivity (Wildman–Crippen MR) is 81.3 cm³/mol. The van der Waals surface area contributed by atoms with Gasteiger partial charge in [0, 0.05) is 18.7 Å². The number of hydrogen-bond donors (Lipinski definition) is 0. The molecule has 3 heteroatoms. The first-order valence-electron chi connectivity index (χ1n) is 7.38. The Bertz CT molecular complexity index is 447. The Morgan fingerprint density at radius 2 is 2.05 bits per heavy atom. The van der Waals surface area contributed by atoms with E-state index in [9.17, 15) is 0 Å². The second-order valence-corrected chi connectivity index (χ2v) is 5.52. The molecule has 1 fully saturated rings. The predicted octanol–water partition coefficient (Wildman–Crippen LogP) is 3.83. The molecule has 1 heterocycles. The summed E-state index contributed by atoms with van der Waals surface area (Å²) in [5, 5.41) is 0. The zero-order chi connectivity index (χ0) is 13.8. The van der Waals surface area contributed by atoms with Crippen molar-refractivity contribution < 1.29 is 0 Å². The molecule has 0 saturated heterocycles. The molecule has 1 saturated carbocycles. The van der Waals surface area contributed by atoms with Gasteiger partial charge in [0.15, 0.2) is 0 Å². The Balaban J connectivity index is 2.19. The van der Waals surface area contributed by atoms with Crippen molar-refractivity contribution in [2.45, 2.75) is 52.5 Å².